The van der Waals surface area contributed by atoms with Crippen LogP contribution >= 0.6 is 11.6 Å². The normalized spacial score (nSPS) is 12.7. The van der Waals surface area contributed by atoms with Crippen LogP contribution in [0.5, 0.6) is 0 Å². The van der Waals surface area contributed by atoms with Gasteiger partial charge >= 0.3 is 0 Å². The summed E-state index contributed by atoms with van der Waals surface area (Å²) < 4.78 is 19.0. The van der Waals surface area contributed by atoms with Crippen molar-refractivity contribution in [1.29, 1.82) is 0 Å². The van der Waals surface area contributed by atoms with Crippen molar-refractivity contribution in [3.05, 3.63) is 46.9 Å². The van der Waals surface area contributed by atoms with Gasteiger partial charge in [0.1, 0.15) is 17.3 Å². The van der Waals surface area contributed by atoms with Crippen molar-refractivity contribution >= 4 is 11.6 Å². The van der Waals surface area contributed by atoms with Crippen LogP contribution in [-0.4, -0.2) is 7.05 Å². The van der Waals surface area contributed by atoms with Gasteiger partial charge in [-0.25, -0.2) is 4.39 Å². The summed E-state index contributed by atoms with van der Waals surface area (Å²) in [7, 11) is 1.86. The van der Waals surface area contributed by atoms with Crippen LogP contribution in [0.25, 0.3) is 11.3 Å². The lowest BCUT2D eigenvalue weighted by molar-refractivity contribution is 0.458. The first-order chi connectivity index (χ1) is 8.11. The molecule has 0 saturated carbocycles. The lowest BCUT2D eigenvalue weighted by atomic mass is 10.2. The molecule has 0 radical (unpaired) electrons. The van der Waals surface area contributed by atoms with Gasteiger partial charge in [-0.05, 0) is 44.3 Å². The summed E-state index contributed by atoms with van der Waals surface area (Å²) in [6.45, 7) is 1.99. The lowest BCUT2D eigenvalue weighted by Gasteiger charge is -2.05. The Labute approximate surface area is 104 Å². The fourth-order valence-corrected chi connectivity index (χ4v) is 1.65. The van der Waals surface area contributed by atoms with E-state index < -0.39 is 5.82 Å². The van der Waals surface area contributed by atoms with E-state index in [4.69, 9.17) is 16.0 Å². The zero-order chi connectivity index (χ0) is 12.4. The molecule has 2 nitrogen and oxygen atoms in total. The fraction of sp³-hybridized carbons (Fsp3) is 0.231. The minimum absolute atomic E-state index is 0.115. The van der Waals surface area contributed by atoms with Crippen molar-refractivity contribution in [1.82, 2.24) is 5.32 Å². The van der Waals surface area contributed by atoms with E-state index in [9.17, 15) is 4.39 Å². The molecule has 0 aliphatic rings. The van der Waals surface area contributed by atoms with Crippen LogP contribution in [-0.2, 0) is 0 Å². The third kappa shape index (κ3) is 2.51. The highest BCUT2D eigenvalue weighted by atomic mass is 35.5. The first-order valence-corrected chi connectivity index (χ1v) is 5.72. The third-order valence-corrected chi connectivity index (χ3v) is 3.00. The molecule has 1 atom stereocenters. The molecule has 90 valence electrons. The fourth-order valence-electron chi connectivity index (χ4n) is 1.53. The lowest BCUT2D eigenvalue weighted by Crippen LogP contribution is -2.10. The van der Waals surface area contributed by atoms with Crippen molar-refractivity contribution in [3.63, 3.8) is 0 Å². The number of rotatable bonds is 3. The maximum atomic E-state index is 13.3. The van der Waals surface area contributed by atoms with Gasteiger partial charge in [-0.3, -0.25) is 0 Å². The molecule has 0 saturated heterocycles. The Bertz CT molecular complexity index is 524. The SMILES string of the molecule is CNC(C)c1ccc(-c2ccc(Cl)c(F)c2)o1. The number of benzene rings is 1. The molecule has 1 aromatic heterocycles. The minimum atomic E-state index is -0.441. The number of halogens is 2. The van der Waals surface area contributed by atoms with E-state index in [1.165, 1.54) is 12.1 Å². The summed E-state index contributed by atoms with van der Waals surface area (Å²) in [5.74, 6) is 1.01. The van der Waals surface area contributed by atoms with Crippen LogP contribution in [0, 0.1) is 5.82 Å². The molecule has 1 aromatic carbocycles. The van der Waals surface area contributed by atoms with Gasteiger partial charge in [0.15, 0.2) is 0 Å². The predicted molar refractivity (Wildman–Crippen MR) is 66.6 cm³/mol. The molecule has 1 unspecified atom stereocenters. The Morgan fingerprint density at radius 3 is 2.71 bits per heavy atom. The average molecular weight is 254 g/mol. The number of nitrogens with one attached hydrogen (secondary N) is 1. The molecule has 17 heavy (non-hydrogen) atoms. The molecule has 4 heteroatoms. The van der Waals surface area contributed by atoms with Crippen LogP contribution in [0.3, 0.4) is 0 Å². The van der Waals surface area contributed by atoms with E-state index in [1.54, 1.807) is 6.07 Å². The Kier molecular flexibility index (Phi) is 3.50. The molecule has 0 bridgehead atoms. The molecule has 1 heterocycles. The predicted octanol–water partition coefficient (Wildman–Crippen LogP) is 4.02. The summed E-state index contributed by atoms with van der Waals surface area (Å²) >= 11 is 5.63. The summed E-state index contributed by atoms with van der Waals surface area (Å²) in [5.41, 5.74) is 0.682. The Hall–Kier alpha value is -1.32. The zero-order valence-electron chi connectivity index (χ0n) is 9.63. The largest absolute Gasteiger partial charge is 0.459 e. The molecule has 0 amide bonds. The van der Waals surface area contributed by atoms with Gasteiger partial charge < -0.3 is 9.73 Å². The number of hydrogen-bond donors (Lipinski definition) is 1. The van der Waals surface area contributed by atoms with E-state index in [2.05, 4.69) is 5.32 Å². The van der Waals surface area contributed by atoms with Crippen LogP contribution in [0.4, 0.5) is 4.39 Å². The highest BCUT2D eigenvalue weighted by molar-refractivity contribution is 6.30. The molecular weight excluding hydrogens is 241 g/mol. The quantitative estimate of drug-likeness (QED) is 0.894. The topological polar surface area (TPSA) is 25.2 Å². The van der Waals surface area contributed by atoms with Crippen LogP contribution in [0.1, 0.15) is 18.7 Å². The molecule has 0 spiro atoms. The number of furan rings is 1. The highest BCUT2D eigenvalue weighted by Crippen LogP contribution is 2.27. The van der Waals surface area contributed by atoms with Crippen LogP contribution in [0.15, 0.2) is 34.7 Å². The van der Waals surface area contributed by atoms with Gasteiger partial charge in [-0.15, -0.1) is 0 Å². The molecule has 2 rings (SSSR count). The van der Waals surface area contributed by atoms with E-state index in [1.807, 2.05) is 26.1 Å². The molecule has 0 fully saturated rings. The molecule has 0 aliphatic heterocycles. The summed E-state index contributed by atoms with van der Waals surface area (Å²) in [4.78, 5) is 0. The van der Waals surface area contributed by atoms with Crippen LogP contribution in [0.2, 0.25) is 5.02 Å². The van der Waals surface area contributed by atoms with E-state index in [0.717, 1.165) is 5.76 Å². The van der Waals surface area contributed by atoms with Crippen molar-refractivity contribution in [2.75, 3.05) is 7.05 Å². The third-order valence-electron chi connectivity index (χ3n) is 2.69. The Balaban J connectivity index is 2.33. The minimum Gasteiger partial charge on any atom is -0.459 e. The summed E-state index contributed by atoms with van der Waals surface area (Å²) in [6.07, 6.45) is 0. The van der Waals surface area contributed by atoms with Crippen molar-refractivity contribution < 1.29 is 8.81 Å². The zero-order valence-corrected chi connectivity index (χ0v) is 10.4. The first kappa shape index (κ1) is 12.1. The first-order valence-electron chi connectivity index (χ1n) is 5.34. The van der Waals surface area contributed by atoms with E-state index >= 15 is 0 Å². The summed E-state index contributed by atoms with van der Waals surface area (Å²) in [5, 5.41) is 3.19. The summed E-state index contributed by atoms with van der Waals surface area (Å²) in [6, 6.07) is 8.46. The smallest absolute Gasteiger partial charge is 0.142 e. The average Bonchev–Trinajstić information content (AvgIpc) is 2.81. The standard InChI is InChI=1S/C13H13ClFNO/c1-8(16-2)12-5-6-13(17-12)9-3-4-10(14)11(15)7-9/h3-8,16H,1-2H3. The van der Waals surface area contributed by atoms with Gasteiger partial charge in [0.25, 0.3) is 0 Å². The van der Waals surface area contributed by atoms with Gasteiger partial charge in [0.2, 0.25) is 0 Å². The highest BCUT2D eigenvalue weighted by Gasteiger charge is 2.10. The molecule has 1 N–H and O–H groups in total. The second-order valence-electron chi connectivity index (χ2n) is 3.84. The Morgan fingerprint density at radius 1 is 1.29 bits per heavy atom. The van der Waals surface area contributed by atoms with Crippen LogP contribution < -0.4 is 5.32 Å². The van der Waals surface area contributed by atoms with Gasteiger partial charge in [0.05, 0.1) is 11.1 Å². The second-order valence-corrected chi connectivity index (χ2v) is 4.25. The van der Waals surface area contributed by atoms with Gasteiger partial charge in [-0.2, -0.15) is 0 Å². The maximum absolute atomic E-state index is 13.3. The van der Waals surface area contributed by atoms with Crippen molar-refractivity contribution in [3.8, 4) is 11.3 Å². The second kappa shape index (κ2) is 4.90. The van der Waals surface area contributed by atoms with E-state index in [-0.39, 0.29) is 11.1 Å². The van der Waals surface area contributed by atoms with Crippen molar-refractivity contribution in [2.24, 2.45) is 0 Å². The maximum Gasteiger partial charge on any atom is 0.142 e. The monoisotopic (exact) mass is 253 g/mol. The van der Waals surface area contributed by atoms with E-state index in [0.29, 0.717) is 11.3 Å². The van der Waals surface area contributed by atoms with Crippen molar-refractivity contribution in [2.45, 2.75) is 13.0 Å². The Morgan fingerprint density at radius 2 is 2.06 bits per heavy atom. The molecule has 2 aromatic rings. The molecule has 0 aliphatic carbocycles. The van der Waals surface area contributed by atoms with Gasteiger partial charge in [-0.1, -0.05) is 11.6 Å². The number of hydrogen-bond acceptors (Lipinski definition) is 2. The molecular formula is C13H13ClFNO. The van der Waals surface area contributed by atoms with Gasteiger partial charge in [0, 0.05) is 5.56 Å².